The van der Waals surface area contributed by atoms with E-state index in [2.05, 4.69) is 42.3 Å². The van der Waals surface area contributed by atoms with Crippen molar-refractivity contribution < 1.29 is 18.6 Å². The van der Waals surface area contributed by atoms with Gasteiger partial charge in [-0.15, -0.1) is 11.3 Å². The first-order valence-corrected chi connectivity index (χ1v) is 19.9. The summed E-state index contributed by atoms with van der Waals surface area (Å²) in [4.78, 5) is 28.4. The highest BCUT2D eigenvalue weighted by atomic mass is 32.1. The van der Waals surface area contributed by atoms with Gasteiger partial charge in [-0.1, -0.05) is 37.1 Å². The average molecular weight is 782 g/mol. The minimum absolute atomic E-state index is 0.0281. The van der Waals surface area contributed by atoms with Gasteiger partial charge in [0.15, 0.2) is 5.82 Å². The summed E-state index contributed by atoms with van der Waals surface area (Å²) >= 11 is 1.54. The first kappa shape index (κ1) is 37.7. The molecule has 0 radical (unpaired) electrons. The lowest BCUT2D eigenvalue weighted by molar-refractivity contribution is 0.000357. The number of nitrogens with two attached hydrogens (primary N) is 1. The molecule has 1 atom stereocenters. The molecular formula is C41H45F2N9O3S. The number of unbranched alkanes of at least 4 members (excludes halogenated alkanes) is 2. The number of rotatable bonds is 14. The van der Waals surface area contributed by atoms with Crippen molar-refractivity contribution in [2.75, 3.05) is 43.4 Å². The quantitative estimate of drug-likeness (QED) is 0.111. The maximum atomic E-state index is 14.8. The van der Waals surface area contributed by atoms with Gasteiger partial charge in [0, 0.05) is 34.8 Å². The van der Waals surface area contributed by atoms with Crippen LogP contribution in [0.15, 0.2) is 90.2 Å². The summed E-state index contributed by atoms with van der Waals surface area (Å²) in [7, 11) is 0. The fourth-order valence-electron chi connectivity index (χ4n) is 7.89. The third-order valence-electron chi connectivity index (χ3n) is 10.8. The van der Waals surface area contributed by atoms with Gasteiger partial charge in [0.1, 0.15) is 47.1 Å². The number of anilines is 3. The number of halogens is 2. The van der Waals surface area contributed by atoms with Gasteiger partial charge in [0.05, 0.1) is 30.0 Å². The first-order valence-electron chi connectivity index (χ1n) is 19.1. The van der Waals surface area contributed by atoms with Gasteiger partial charge in [-0.05, 0) is 87.8 Å². The molecule has 0 aliphatic carbocycles. The van der Waals surface area contributed by atoms with Crippen LogP contribution in [-0.2, 0) is 18.7 Å². The van der Waals surface area contributed by atoms with Gasteiger partial charge in [0.25, 0.3) is 5.56 Å². The third kappa shape index (κ3) is 8.17. The average Bonchev–Trinajstić information content (AvgIpc) is 3.87. The molecule has 3 aromatic heterocycles. The predicted octanol–water partition coefficient (Wildman–Crippen LogP) is 6.13. The standard InChI is InChI=1S/C41H45F2N9O3S/c42-28-9-11-33(34(43)21-28)41(54,25-50-27-45-26-47-50)15-5-2-6-16-49-17-13-29(14-18-49)46-24-32-23-36-39(56-32)48-38(44)40(53)52(36)31-10-12-37-35(22-31)51(19-20-55-37)30-7-3-1-4-8-30/h1,3-4,7-12,21-23,26-27,29,46,54H,2,5-6,13-20,24-25H2,(H2,44,48). The highest BCUT2D eigenvalue weighted by Gasteiger charge is 2.33. The van der Waals surface area contributed by atoms with E-state index in [1.807, 2.05) is 42.5 Å². The van der Waals surface area contributed by atoms with E-state index in [1.165, 1.54) is 29.5 Å². The summed E-state index contributed by atoms with van der Waals surface area (Å²) in [5.74, 6) is -0.724. The largest absolute Gasteiger partial charge is 0.490 e. The Morgan fingerprint density at radius 1 is 0.982 bits per heavy atom. The fourth-order valence-corrected chi connectivity index (χ4v) is 8.86. The Morgan fingerprint density at radius 2 is 1.82 bits per heavy atom. The van der Waals surface area contributed by atoms with Crippen LogP contribution >= 0.6 is 11.3 Å². The minimum atomic E-state index is -1.54. The second-order valence-corrected chi connectivity index (χ2v) is 15.7. The van der Waals surface area contributed by atoms with Crippen LogP contribution < -0.4 is 26.2 Å². The molecule has 8 rings (SSSR count). The number of hydrogen-bond acceptors (Lipinski definition) is 11. The lowest BCUT2D eigenvalue weighted by Crippen LogP contribution is -2.42. The zero-order valence-electron chi connectivity index (χ0n) is 31.0. The molecule has 15 heteroatoms. The number of hydrogen-bond donors (Lipinski definition) is 3. The number of ether oxygens (including phenoxy) is 1. The normalized spacial score (nSPS) is 16.2. The van der Waals surface area contributed by atoms with Gasteiger partial charge in [-0.25, -0.2) is 23.4 Å². The Labute approximate surface area is 327 Å². The highest BCUT2D eigenvalue weighted by molar-refractivity contribution is 7.18. The summed E-state index contributed by atoms with van der Waals surface area (Å²) in [6, 6.07) is 21.6. The monoisotopic (exact) mass is 781 g/mol. The SMILES string of the molecule is Nc1nc2sc(CNC3CCN(CCCCCC(O)(Cn4cncn4)c4ccc(F)cc4F)CC3)cc2n(-c2ccc3c(c2)N(c2ccccc2)CCO3)c1=O. The molecule has 292 valence electrons. The van der Waals surface area contributed by atoms with Crippen molar-refractivity contribution in [1.82, 2.24) is 34.5 Å². The number of fused-ring (bicyclic) bond motifs is 2. The van der Waals surface area contributed by atoms with Gasteiger partial charge in [-0.3, -0.25) is 9.36 Å². The molecule has 0 saturated carbocycles. The van der Waals surface area contributed by atoms with Crippen molar-refractivity contribution in [3.05, 3.63) is 118 Å². The lowest BCUT2D eigenvalue weighted by atomic mass is 9.87. The van der Waals surface area contributed by atoms with Gasteiger partial charge in [0.2, 0.25) is 0 Å². The summed E-state index contributed by atoms with van der Waals surface area (Å²) in [5.41, 5.74) is 7.74. The van der Waals surface area contributed by atoms with Crippen molar-refractivity contribution in [2.45, 2.75) is 63.3 Å². The zero-order valence-corrected chi connectivity index (χ0v) is 31.8. The Hall–Kier alpha value is -5.22. The molecule has 2 aliphatic rings. The Bertz CT molecular complexity index is 2330. The van der Waals surface area contributed by atoms with Crippen LogP contribution in [0.25, 0.3) is 16.0 Å². The lowest BCUT2D eigenvalue weighted by Gasteiger charge is -2.32. The van der Waals surface area contributed by atoms with E-state index in [1.54, 1.807) is 15.9 Å². The number of nitrogen functional groups attached to an aromatic ring is 1. The molecule has 4 N–H and O–H groups in total. The van der Waals surface area contributed by atoms with Crippen LogP contribution in [0.1, 0.15) is 49.0 Å². The number of piperidine rings is 1. The van der Waals surface area contributed by atoms with Crippen molar-refractivity contribution in [1.29, 1.82) is 0 Å². The van der Waals surface area contributed by atoms with Crippen LogP contribution in [0.3, 0.4) is 0 Å². The second-order valence-electron chi connectivity index (χ2n) is 14.6. The Balaban J connectivity index is 0.850. The predicted molar refractivity (Wildman–Crippen MR) is 214 cm³/mol. The van der Waals surface area contributed by atoms with Crippen LogP contribution in [0.2, 0.25) is 0 Å². The zero-order chi connectivity index (χ0) is 38.6. The molecule has 56 heavy (non-hydrogen) atoms. The number of para-hydroxylation sites is 1. The van der Waals surface area contributed by atoms with Gasteiger partial charge in [-0.2, -0.15) is 5.10 Å². The molecule has 1 unspecified atom stereocenters. The molecule has 12 nitrogen and oxygen atoms in total. The summed E-state index contributed by atoms with van der Waals surface area (Å²) in [6.45, 7) is 4.83. The second kappa shape index (κ2) is 16.5. The maximum Gasteiger partial charge on any atom is 0.298 e. The molecule has 0 amide bonds. The van der Waals surface area contributed by atoms with Crippen LogP contribution in [0.5, 0.6) is 5.75 Å². The van der Waals surface area contributed by atoms with Crippen molar-refractivity contribution in [3.63, 3.8) is 0 Å². The highest BCUT2D eigenvalue weighted by Crippen LogP contribution is 2.39. The minimum Gasteiger partial charge on any atom is -0.490 e. The molecule has 2 aliphatic heterocycles. The molecule has 6 aromatic rings. The number of likely N-dealkylation sites (tertiary alicyclic amines) is 1. The molecule has 0 bridgehead atoms. The van der Waals surface area contributed by atoms with E-state index in [9.17, 15) is 18.7 Å². The number of aromatic nitrogens is 5. The van der Waals surface area contributed by atoms with E-state index in [-0.39, 0.29) is 23.5 Å². The molecular weight excluding hydrogens is 737 g/mol. The van der Waals surface area contributed by atoms with E-state index >= 15 is 0 Å². The molecule has 1 saturated heterocycles. The summed E-state index contributed by atoms with van der Waals surface area (Å²) in [6.07, 6.45) is 7.67. The number of aliphatic hydroxyl groups is 1. The van der Waals surface area contributed by atoms with Crippen molar-refractivity contribution in [3.8, 4) is 11.4 Å². The van der Waals surface area contributed by atoms with Crippen LogP contribution in [0, 0.1) is 11.6 Å². The van der Waals surface area contributed by atoms with E-state index in [0.29, 0.717) is 49.1 Å². The molecule has 5 heterocycles. The molecule has 0 spiro atoms. The first-order chi connectivity index (χ1) is 27.2. The van der Waals surface area contributed by atoms with Gasteiger partial charge < -0.3 is 30.7 Å². The number of nitrogens with zero attached hydrogens (tertiary/aromatic N) is 7. The number of nitrogens with one attached hydrogen (secondary N) is 1. The third-order valence-corrected chi connectivity index (χ3v) is 11.8. The van der Waals surface area contributed by atoms with E-state index in [0.717, 1.165) is 78.9 Å². The van der Waals surface area contributed by atoms with E-state index < -0.39 is 17.2 Å². The van der Waals surface area contributed by atoms with Crippen LogP contribution in [0.4, 0.5) is 26.0 Å². The number of thiophene rings is 1. The summed E-state index contributed by atoms with van der Waals surface area (Å²) in [5, 5.41) is 19.4. The topological polar surface area (TPSA) is 140 Å². The molecule has 3 aromatic carbocycles. The fraction of sp³-hybridized carbons (Fsp3) is 0.366. The van der Waals surface area contributed by atoms with Crippen molar-refractivity contribution >= 4 is 38.9 Å². The smallest absolute Gasteiger partial charge is 0.298 e. The number of benzene rings is 3. The Kier molecular flexibility index (Phi) is 11.1. The summed E-state index contributed by atoms with van der Waals surface area (Å²) < 4.78 is 37.5. The maximum absolute atomic E-state index is 14.8. The van der Waals surface area contributed by atoms with Gasteiger partial charge >= 0.3 is 0 Å². The van der Waals surface area contributed by atoms with E-state index in [4.69, 9.17) is 10.5 Å². The molecule has 1 fully saturated rings. The van der Waals surface area contributed by atoms with Crippen molar-refractivity contribution in [2.24, 2.45) is 0 Å². The Morgan fingerprint density at radius 3 is 2.61 bits per heavy atom. The van der Waals surface area contributed by atoms with Crippen LogP contribution in [-0.4, -0.2) is 73.1 Å².